The van der Waals surface area contributed by atoms with Gasteiger partial charge in [-0.15, -0.1) is 0 Å². The summed E-state index contributed by atoms with van der Waals surface area (Å²) in [6, 6.07) is 5.33. The van der Waals surface area contributed by atoms with Crippen LogP contribution in [0, 0.1) is 11.6 Å². The standard InChI is InChI=1S/C16H23F2N3/c1-20-7-4-13(11-20)19-12-5-8-21(9-6-12)14-2-3-15(17)16(18)10-14/h2-3,10,12-13,19H,4-9,11H2,1H3. The Bertz CT molecular complexity index is 486. The average Bonchev–Trinajstić information content (AvgIpc) is 2.88. The van der Waals surface area contributed by atoms with Crippen LogP contribution in [0.15, 0.2) is 18.2 Å². The molecule has 21 heavy (non-hydrogen) atoms. The molecule has 116 valence electrons. The molecule has 1 aromatic rings. The van der Waals surface area contributed by atoms with Crippen LogP contribution >= 0.6 is 0 Å². The highest BCUT2D eigenvalue weighted by Gasteiger charge is 2.25. The van der Waals surface area contributed by atoms with Crippen LogP contribution in [0.2, 0.25) is 0 Å². The van der Waals surface area contributed by atoms with Gasteiger partial charge in [-0.05, 0) is 45.0 Å². The number of likely N-dealkylation sites (tertiary alicyclic amines) is 1. The van der Waals surface area contributed by atoms with Crippen LogP contribution in [0.3, 0.4) is 0 Å². The van der Waals surface area contributed by atoms with Crippen molar-refractivity contribution in [2.45, 2.75) is 31.3 Å². The lowest BCUT2D eigenvalue weighted by molar-refractivity contribution is 0.350. The largest absolute Gasteiger partial charge is 0.371 e. The van der Waals surface area contributed by atoms with E-state index in [1.54, 1.807) is 6.07 Å². The molecule has 0 aliphatic carbocycles. The second-order valence-electron chi connectivity index (χ2n) is 6.27. The van der Waals surface area contributed by atoms with Crippen LogP contribution in [0.5, 0.6) is 0 Å². The van der Waals surface area contributed by atoms with Crippen molar-refractivity contribution in [3.05, 3.63) is 29.8 Å². The number of nitrogens with zero attached hydrogens (tertiary/aromatic N) is 2. The Hall–Kier alpha value is -1.20. The van der Waals surface area contributed by atoms with Gasteiger partial charge in [-0.3, -0.25) is 0 Å². The van der Waals surface area contributed by atoms with Crippen LogP contribution in [0.1, 0.15) is 19.3 Å². The van der Waals surface area contributed by atoms with E-state index in [-0.39, 0.29) is 0 Å². The van der Waals surface area contributed by atoms with Crippen molar-refractivity contribution in [3.63, 3.8) is 0 Å². The summed E-state index contributed by atoms with van der Waals surface area (Å²) in [5.74, 6) is -1.54. The Morgan fingerprint density at radius 2 is 1.71 bits per heavy atom. The molecule has 1 unspecified atom stereocenters. The first kappa shape index (κ1) is 14.7. The maximum atomic E-state index is 13.3. The van der Waals surface area contributed by atoms with Gasteiger partial charge in [-0.25, -0.2) is 8.78 Å². The smallest absolute Gasteiger partial charge is 0.160 e. The Morgan fingerprint density at radius 3 is 2.33 bits per heavy atom. The lowest BCUT2D eigenvalue weighted by Gasteiger charge is -2.35. The molecular formula is C16H23F2N3. The molecule has 1 aromatic carbocycles. The van der Waals surface area contributed by atoms with Gasteiger partial charge in [0.1, 0.15) is 0 Å². The van der Waals surface area contributed by atoms with E-state index in [0.29, 0.717) is 12.1 Å². The Morgan fingerprint density at radius 1 is 1.00 bits per heavy atom. The molecule has 5 heteroatoms. The Labute approximate surface area is 124 Å². The number of hydrogen-bond acceptors (Lipinski definition) is 3. The molecule has 0 bridgehead atoms. The normalized spacial score (nSPS) is 24.7. The molecule has 0 aromatic heterocycles. The summed E-state index contributed by atoms with van der Waals surface area (Å²) >= 11 is 0. The minimum absolute atomic E-state index is 0.544. The third-order valence-corrected chi connectivity index (χ3v) is 4.63. The van der Waals surface area contributed by atoms with E-state index in [2.05, 4.69) is 22.2 Å². The molecule has 2 saturated heterocycles. The molecule has 2 aliphatic heterocycles. The molecule has 1 atom stereocenters. The van der Waals surface area contributed by atoms with E-state index in [0.717, 1.165) is 38.2 Å². The quantitative estimate of drug-likeness (QED) is 0.922. The second kappa shape index (κ2) is 6.28. The average molecular weight is 295 g/mol. The van der Waals surface area contributed by atoms with Gasteiger partial charge >= 0.3 is 0 Å². The molecule has 3 nitrogen and oxygen atoms in total. The van der Waals surface area contributed by atoms with Gasteiger partial charge in [-0.1, -0.05) is 0 Å². The van der Waals surface area contributed by atoms with Gasteiger partial charge in [-0.2, -0.15) is 0 Å². The molecule has 2 fully saturated rings. The number of piperidine rings is 1. The van der Waals surface area contributed by atoms with E-state index in [1.165, 1.54) is 25.1 Å². The van der Waals surface area contributed by atoms with Crippen molar-refractivity contribution in [2.24, 2.45) is 0 Å². The van der Waals surface area contributed by atoms with Crippen molar-refractivity contribution in [2.75, 3.05) is 38.1 Å². The number of anilines is 1. The number of hydrogen-bond donors (Lipinski definition) is 1. The minimum atomic E-state index is -0.777. The van der Waals surface area contributed by atoms with Crippen molar-refractivity contribution >= 4 is 5.69 Å². The maximum absolute atomic E-state index is 13.3. The number of rotatable bonds is 3. The lowest BCUT2D eigenvalue weighted by atomic mass is 10.0. The monoisotopic (exact) mass is 295 g/mol. The van der Waals surface area contributed by atoms with Crippen LogP contribution in [-0.2, 0) is 0 Å². The zero-order chi connectivity index (χ0) is 14.8. The number of nitrogens with one attached hydrogen (secondary N) is 1. The molecule has 0 spiro atoms. The summed E-state index contributed by atoms with van der Waals surface area (Å²) in [4.78, 5) is 4.50. The first-order chi connectivity index (χ1) is 10.1. The number of benzene rings is 1. The number of likely N-dealkylation sites (N-methyl/N-ethyl adjacent to an activating group) is 1. The third-order valence-electron chi connectivity index (χ3n) is 4.63. The summed E-state index contributed by atoms with van der Waals surface area (Å²) in [5, 5.41) is 3.74. The highest BCUT2D eigenvalue weighted by molar-refractivity contribution is 5.47. The summed E-state index contributed by atoms with van der Waals surface area (Å²) in [6.07, 6.45) is 3.33. The van der Waals surface area contributed by atoms with Crippen molar-refractivity contribution < 1.29 is 8.78 Å². The molecule has 2 heterocycles. The van der Waals surface area contributed by atoms with Crippen molar-refractivity contribution in [1.82, 2.24) is 10.2 Å². The van der Waals surface area contributed by atoms with Gasteiger partial charge in [0.2, 0.25) is 0 Å². The Balaban J connectivity index is 1.51. The minimum Gasteiger partial charge on any atom is -0.371 e. The summed E-state index contributed by atoms with van der Waals surface area (Å²) in [5.41, 5.74) is 0.785. The molecule has 3 rings (SSSR count). The van der Waals surface area contributed by atoms with Gasteiger partial charge in [0.15, 0.2) is 11.6 Å². The van der Waals surface area contributed by atoms with E-state index < -0.39 is 11.6 Å². The molecule has 0 radical (unpaired) electrons. The maximum Gasteiger partial charge on any atom is 0.160 e. The summed E-state index contributed by atoms with van der Waals surface area (Å²) < 4.78 is 26.3. The fourth-order valence-electron chi connectivity index (χ4n) is 3.39. The molecule has 1 N–H and O–H groups in total. The van der Waals surface area contributed by atoms with Gasteiger partial charge in [0, 0.05) is 43.5 Å². The predicted octanol–water partition coefficient (Wildman–Crippen LogP) is 2.23. The summed E-state index contributed by atoms with van der Waals surface area (Å²) in [7, 11) is 2.16. The molecule has 2 aliphatic rings. The topological polar surface area (TPSA) is 18.5 Å². The zero-order valence-corrected chi connectivity index (χ0v) is 12.5. The van der Waals surface area contributed by atoms with Crippen molar-refractivity contribution in [3.8, 4) is 0 Å². The van der Waals surface area contributed by atoms with Crippen LogP contribution < -0.4 is 10.2 Å². The number of halogens is 2. The SMILES string of the molecule is CN1CCC(NC2CCN(c3ccc(F)c(F)c3)CC2)C1. The van der Waals surface area contributed by atoms with E-state index in [4.69, 9.17) is 0 Å². The lowest BCUT2D eigenvalue weighted by Crippen LogP contribution is -2.47. The first-order valence-electron chi connectivity index (χ1n) is 7.76. The van der Waals surface area contributed by atoms with E-state index in [9.17, 15) is 8.78 Å². The van der Waals surface area contributed by atoms with Crippen LogP contribution in [-0.4, -0.2) is 50.2 Å². The first-order valence-corrected chi connectivity index (χ1v) is 7.76. The van der Waals surface area contributed by atoms with E-state index in [1.807, 2.05) is 0 Å². The second-order valence-corrected chi connectivity index (χ2v) is 6.27. The van der Waals surface area contributed by atoms with Crippen LogP contribution in [0.25, 0.3) is 0 Å². The predicted molar refractivity (Wildman–Crippen MR) is 80.6 cm³/mol. The third kappa shape index (κ3) is 3.52. The zero-order valence-electron chi connectivity index (χ0n) is 12.5. The highest BCUT2D eigenvalue weighted by Crippen LogP contribution is 2.22. The van der Waals surface area contributed by atoms with Crippen LogP contribution in [0.4, 0.5) is 14.5 Å². The highest BCUT2D eigenvalue weighted by atomic mass is 19.2. The molecule has 0 saturated carbocycles. The van der Waals surface area contributed by atoms with Gasteiger partial charge < -0.3 is 15.1 Å². The van der Waals surface area contributed by atoms with E-state index >= 15 is 0 Å². The molecule has 0 amide bonds. The molecular weight excluding hydrogens is 272 g/mol. The summed E-state index contributed by atoms with van der Waals surface area (Å²) in [6.45, 7) is 4.09. The fraction of sp³-hybridized carbons (Fsp3) is 0.625. The van der Waals surface area contributed by atoms with Gasteiger partial charge in [0.25, 0.3) is 0 Å². The Kier molecular flexibility index (Phi) is 4.40. The van der Waals surface area contributed by atoms with Crippen molar-refractivity contribution in [1.29, 1.82) is 0 Å². The fourth-order valence-corrected chi connectivity index (χ4v) is 3.39. The van der Waals surface area contributed by atoms with Gasteiger partial charge in [0.05, 0.1) is 0 Å².